The summed E-state index contributed by atoms with van der Waals surface area (Å²) in [5, 5.41) is 2.00. The van der Waals surface area contributed by atoms with Crippen LogP contribution in [0.3, 0.4) is 0 Å². The van der Waals surface area contributed by atoms with Crippen LogP contribution in [0.5, 0.6) is 0 Å². The van der Waals surface area contributed by atoms with Gasteiger partial charge in [-0.25, -0.2) is 4.98 Å². The van der Waals surface area contributed by atoms with E-state index in [0.717, 1.165) is 78.5 Å². The molecule has 5 nitrogen and oxygen atoms in total. The Morgan fingerprint density at radius 3 is 2.31 bits per heavy atom. The van der Waals surface area contributed by atoms with E-state index in [1.807, 2.05) is 61.5 Å². The summed E-state index contributed by atoms with van der Waals surface area (Å²) in [6.07, 6.45) is 9.08. The van der Waals surface area contributed by atoms with Gasteiger partial charge < -0.3 is 8.98 Å². The molecule has 1 fully saturated rings. The minimum absolute atomic E-state index is 0. The van der Waals surface area contributed by atoms with Gasteiger partial charge in [-0.3, -0.25) is 4.98 Å². The predicted octanol–water partition coefficient (Wildman–Crippen LogP) is 12.6. The average molecular weight is 996 g/mol. The number of nitrogens with zero attached hydrogens (tertiary/aromatic N) is 4. The molecule has 0 atom stereocenters. The van der Waals surface area contributed by atoms with Gasteiger partial charge in [-0.2, -0.15) is 0 Å². The number of para-hydroxylation sites is 3. The molecule has 0 spiro atoms. The fourth-order valence-corrected chi connectivity index (χ4v) is 11.8. The van der Waals surface area contributed by atoms with E-state index in [-0.39, 0.29) is 20.1 Å². The van der Waals surface area contributed by atoms with Crippen molar-refractivity contribution in [1.82, 2.24) is 19.5 Å². The molecule has 1 saturated carbocycles. The third-order valence-corrected chi connectivity index (χ3v) is 15.6. The van der Waals surface area contributed by atoms with Gasteiger partial charge in [0.25, 0.3) is 0 Å². The first-order chi connectivity index (χ1) is 27.8. The molecule has 0 aliphatic heterocycles. The first kappa shape index (κ1) is 39.7. The number of hydrogen-bond donors (Lipinski definition) is 0. The molecule has 7 heteroatoms. The molecule has 4 heterocycles. The maximum absolute atomic E-state index is 6.32. The number of hydrogen-bond acceptors (Lipinski definition) is 4. The van der Waals surface area contributed by atoms with E-state index in [2.05, 4.69) is 124 Å². The van der Waals surface area contributed by atoms with Crippen LogP contribution in [0, 0.1) is 25.0 Å². The zero-order valence-electron chi connectivity index (χ0n) is 33.4. The SMILES string of the molecule is Cc1ccc2c(n1)oc1c(-c3nc4ccccc4n3-c3ccccc3-c3ccccc3)[c-]ccc12.[CH3][Ge]([CH3])([CH3])[c]1cnc(-c2[c-]cccc2)cc1CC1CCCC1.[Ir]. The van der Waals surface area contributed by atoms with Crippen LogP contribution in [0.25, 0.3) is 72.6 Å². The molecule has 4 aromatic heterocycles. The second-order valence-electron chi connectivity index (χ2n) is 16.3. The van der Waals surface area contributed by atoms with Crippen LogP contribution >= 0.6 is 0 Å². The van der Waals surface area contributed by atoms with Crippen molar-refractivity contribution >= 4 is 50.8 Å². The molecule has 0 N–H and O–H groups in total. The van der Waals surface area contributed by atoms with Crippen molar-refractivity contribution in [3.8, 4) is 39.5 Å². The molecule has 58 heavy (non-hydrogen) atoms. The Bertz CT molecular complexity index is 2840. The van der Waals surface area contributed by atoms with E-state index < -0.39 is 13.3 Å². The zero-order valence-corrected chi connectivity index (χ0v) is 37.9. The topological polar surface area (TPSA) is 56.7 Å². The summed E-state index contributed by atoms with van der Waals surface area (Å²) in [6.45, 7) is 1.97. The maximum atomic E-state index is 6.32. The number of imidazole rings is 1. The van der Waals surface area contributed by atoms with Crippen molar-refractivity contribution in [3.63, 3.8) is 0 Å². The van der Waals surface area contributed by atoms with Gasteiger partial charge in [0.1, 0.15) is 0 Å². The summed E-state index contributed by atoms with van der Waals surface area (Å²) in [4.78, 5) is 14.5. The summed E-state index contributed by atoms with van der Waals surface area (Å²) in [5.74, 6) is 9.10. The molecule has 5 aromatic carbocycles. The van der Waals surface area contributed by atoms with Gasteiger partial charge in [0.05, 0.1) is 22.4 Å². The van der Waals surface area contributed by atoms with Crippen molar-refractivity contribution in [2.45, 2.75) is 56.3 Å². The molecule has 0 saturated heterocycles. The van der Waals surface area contributed by atoms with E-state index >= 15 is 0 Å². The smallest absolute Gasteiger partial charge is 0 e. The summed E-state index contributed by atoms with van der Waals surface area (Å²) in [6, 6.07) is 52.4. The van der Waals surface area contributed by atoms with Gasteiger partial charge in [-0.1, -0.05) is 71.6 Å². The monoisotopic (exact) mass is 997 g/mol. The normalized spacial score (nSPS) is 13.1. The Kier molecular flexibility index (Phi) is 11.6. The van der Waals surface area contributed by atoms with Crippen LogP contribution < -0.4 is 4.40 Å². The minimum Gasteiger partial charge on any atom is 0 e. The minimum atomic E-state index is -1.87. The number of benzene rings is 5. The Morgan fingerprint density at radius 2 is 1.52 bits per heavy atom. The molecule has 0 amide bonds. The van der Waals surface area contributed by atoms with Crippen LogP contribution in [0.4, 0.5) is 0 Å². The Balaban J connectivity index is 0.000000177. The van der Waals surface area contributed by atoms with Crippen molar-refractivity contribution in [1.29, 1.82) is 0 Å². The number of rotatable bonds is 7. The van der Waals surface area contributed by atoms with Crippen LogP contribution in [-0.2, 0) is 26.5 Å². The fourth-order valence-electron chi connectivity index (χ4n) is 8.42. The third kappa shape index (κ3) is 7.98. The van der Waals surface area contributed by atoms with Gasteiger partial charge >= 0.3 is 137 Å². The predicted molar refractivity (Wildman–Crippen MR) is 238 cm³/mol. The molecule has 10 rings (SSSR count). The Hall–Kier alpha value is -5.14. The van der Waals surface area contributed by atoms with Gasteiger partial charge in [-0.05, 0) is 42.8 Å². The van der Waals surface area contributed by atoms with E-state index in [1.54, 1.807) is 9.96 Å². The standard InChI is InChI=1S/C31H20N3O.C20H26GeN.Ir/c1-20-18-19-24-23-13-9-14-25(29(23)35-31(24)32-20)30-33-26-15-6-8-17-28(26)34(30)27-16-7-5-12-22(27)21-10-3-2-4-11-21;1-21(2,3)19-15-22-20(17-11-5-4-6-12-17)14-18(19)13-16-9-7-8-10-16;/h2-13,15-19H,1H3;4-6,11,14-16H,7-10,13H2,1-3H3;/q2*-1;. The third-order valence-electron chi connectivity index (χ3n) is 11.2. The van der Waals surface area contributed by atoms with Crippen molar-refractivity contribution < 1.29 is 24.5 Å². The number of pyridine rings is 2. The van der Waals surface area contributed by atoms with Gasteiger partial charge in [0.15, 0.2) is 0 Å². The molecular formula is C51H46GeIrN4O-2. The van der Waals surface area contributed by atoms with Crippen LogP contribution in [-0.4, -0.2) is 32.8 Å². The summed E-state index contributed by atoms with van der Waals surface area (Å²) < 4.78 is 10.1. The van der Waals surface area contributed by atoms with Gasteiger partial charge in [0, 0.05) is 42.4 Å². The van der Waals surface area contributed by atoms with Crippen LogP contribution in [0.1, 0.15) is 36.9 Å². The molecule has 1 aliphatic rings. The van der Waals surface area contributed by atoms with Crippen LogP contribution in [0.15, 0.2) is 144 Å². The largest absolute Gasteiger partial charge is 0 e. The number of aryl methyl sites for hydroxylation is 1. The van der Waals surface area contributed by atoms with Gasteiger partial charge in [-0.15, -0.1) is 18.2 Å². The number of fused-ring (bicyclic) bond motifs is 4. The first-order valence-corrected chi connectivity index (χ1v) is 27.5. The molecule has 1 radical (unpaired) electrons. The number of furan rings is 1. The maximum Gasteiger partial charge on any atom is 0 e. The zero-order chi connectivity index (χ0) is 38.9. The van der Waals surface area contributed by atoms with Crippen molar-refractivity contribution in [2.24, 2.45) is 5.92 Å². The summed E-state index contributed by atoms with van der Waals surface area (Å²) in [7, 11) is 0. The van der Waals surface area contributed by atoms with Crippen molar-refractivity contribution in [3.05, 3.63) is 163 Å². The molecule has 9 aromatic rings. The van der Waals surface area contributed by atoms with E-state index in [4.69, 9.17) is 14.4 Å². The first-order valence-electron chi connectivity index (χ1n) is 20.1. The summed E-state index contributed by atoms with van der Waals surface area (Å²) >= 11 is -1.87. The average Bonchev–Trinajstić information content (AvgIpc) is 3.99. The molecule has 291 valence electrons. The quantitative estimate of drug-likeness (QED) is 0.118. The molecule has 0 unspecified atom stereocenters. The van der Waals surface area contributed by atoms with E-state index in [9.17, 15) is 0 Å². The second-order valence-corrected chi connectivity index (χ2v) is 26.8. The van der Waals surface area contributed by atoms with Crippen LogP contribution in [0.2, 0.25) is 17.3 Å². The van der Waals surface area contributed by atoms with E-state index in [1.165, 1.54) is 32.1 Å². The summed E-state index contributed by atoms with van der Waals surface area (Å²) in [5.41, 5.74) is 12.2. The van der Waals surface area contributed by atoms with Crippen molar-refractivity contribution in [2.75, 3.05) is 0 Å². The molecular weight excluding hydrogens is 949 g/mol. The second kappa shape index (κ2) is 17.0. The Labute approximate surface area is 357 Å². The fraction of sp³-hybridized carbons (Fsp3) is 0.196. The molecule has 1 aliphatic carbocycles. The number of aromatic nitrogens is 4. The molecule has 0 bridgehead atoms. The van der Waals surface area contributed by atoms with Gasteiger partial charge in [0.2, 0.25) is 5.71 Å². The van der Waals surface area contributed by atoms with E-state index in [0.29, 0.717) is 5.71 Å². The Morgan fingerprint density at radius 1 is 0.759 bits per heavy atom.